The fourth-order valence-corrected chi connectivity index (χ4v) is 7.75. The molecule has 12 heteroatoms. The normalized spacial score (nSPS) is 21.5. The number of aromatic nitrogens is 4. The number of anilines is 2. The third kappa shape index (κ3) is 7.98. The summed E-state index contributed by atoms with van der Waals surface area (Å²) in [6, 6.07) is 24.7. The smallest absolute Gasteiger partial charge is 0.183 e. The molecule has 0 amide bonds. The second kappa shape index (κ2) is 16.7. The topological polar surface area (TPSA) is 160 Å². The first-order chi connectivity index (χ1) is 26.6. The number of hydrogen-bond acceptors (Lipinski definition) is 12. The van der Waals surface area contributed by atoms with Crippen LogP contribution in [0.3, 0.4) is 0 Å². The van der Waals surface area contributed by atoms with E-state index in [1.54, 1.807) is 36.9 Å². The first-order valence-corrected chi connectivity index (χ1v) is 18.0. The van der Waals surface area contributed by atoms with Crippen LogP contribution in [0.5, 0.6) is 0 Å². The van der Waals surface area contributed by atoms with E-state index < -0.39 is 0 Å². The summed E-state index contributed by atoms with van der Waals surface area (Å²) in [6.07, 6.45) is 10.6. The van der Waals surface area contributed by atoms with Crippen LogP contribution < -0.4 is 9.80 Å². The van der Waals surface area contributed by atoms with Gasteiger partial charge in [0.25, 0.3) is 0 Å². The first-order valence-electron chi connectivity index (χ1n) is 18.0. The van der Waals surface area contributed by atoms with E-state index in [0.29, 0.717) is 46.2 Å². The Hall–Kier alpha value is -6.80. The largest absolute Gasteiger partial charge is 0.351 e. The fourth-order valence-electron chi connectivity index (χ4n) is 7.75. The van der Waals surface area contributed by atoms with Gasteiger partial charge in [0.2, 0.25) is 0 Å². The van der Waals surface area contributed by atoms with Crippen LogP contribution in [-0.2, 0) is 0 Å². The van der Waals surface area contributed by atoms with Crippen LogP contribution in [0.2, 0.25) is 0 Å². The lowest BCUT2D eigenvalue weighted by Gasteiger charge is -2.39. The highest BCUT2D eigenvalue weighted by Crippen LogP contribution is 2.31. The van der Waals surface area contributed by atoms with Gasteiger partial charge >= 0.3 is 0 Å². The average molecular weight is 709 g/mol. The van der Waals surface area contributed by atoms with Crippen LogP contribution in [0.1, 0.15) is 59.3 Å². The second-order valence-electron chi connectivity index (χ2n) is 13.5. The number of benzene rings is 2. The standard InChI is InChI=1S/2C21H18N6/c2*22-13-17-3-1-2-16(12-17)4-5-18-6-7-19-15-26(10-11-27(18)19)21-20(14-23)24-8-9-25-21/h2*1-3,8-9,12,18-19H,6-7,10-11,15H2/t2*18-,19-/m10/s1. The molecule has 12 nitrogen and oxygen atoms in total. The predicted octanol–water partition coefficient (Wildman–Crippen LogP) is 3.85. The Labute approximate surface area is 315 Å². The molecule has 0 radical (unpaired) electrons. The molecule has 4 fully saturated rings. The Balaban J connectivity index is 0.000000167. The van der Waals surface area contributed by atoms with Crippen molar-refractivity contribution in [2.24, 2.45) is 0 Å². The van der Waals surface area contributed by atoms with Crippen LogP contribution in [0.15, 0.2) is 73.3 Å². The molecule has 0 bridgehead atoms. The van der Waals surface area contributed by atoms with Gasteiger partial charge in [-0.3, -0.25) is 9.80 Å². The van der Waals surface area contributed by atoms with Gasteiger partial charge in [-0.15, -0.1) is 0 Å². The quantitative estimate of drug-likeness (QED) is 0.277. The first kappa shape index (κ1) is 35.6. The second-order valence-corrected chi connectivity index (χ2v) is 13.5. The highest BCUT2D eigenvalue weighted by atomic mass is 15.3. The van der Waals surface area contributed by atoms with E-state index in [1.807, 2.05) is 36.4 Å². The molecule has 4 atom stereocenters. The Morgan fingerprint density at radius 3 is 1.35 bits per heavy atom. The van der Waals surface area contributed by atoms with Gasteiger partial charge in [-0.1, -0.05) is 35.8 Å². The molecule has 0 N–H and O–H groups in total. The highest BCUT2D eigenvalue weighted by Gasteiger charge is 2.38. The summed E-state index contributed by atoms with van der Waals surface area (Å²) in [5.74, 6) is 14.6. The van der Waals surface area contributed by atoms with Crippen molar-refractivity contribution in [3.8, 4) is 48.0 Å². The van der Waals surface area contributed by atoms with E-state index in [1.165, 1.54) is 0 Å². The molecule has 4 aliphatic rings. The van der Waals surface area contributed by atoms with Crippen LogP contribution in [-0.4, -0.2) is 93.2 Å². The van der Waals surface area contributed by atoms with Gasteiger partial charge in [-0.25, -0.2) is 19.9 Å². The molecule has 4 aliphatic heterocycles. The Kier molecular flexibility index (Phi) is 11.0. The molecule has 6 heterocycles. The molecule has 0 unspecified atom stereocenters. The summed E-state index contributed by atoms with van der Waals surface area (Å²) in [5.41, 5.74) is 3.81. The molecule has 8 rings (SSSR count). The Bertz CT molecular complexity index is 2140. The number of nitriles is 4. The van der Waals surface area contributed by atoms with E-state index >= 15 is 0 Å². The minimum absolute atomic E-state index is 0.236. The molecular weight excluding hydrogens is 673 g/mol. The van der Waals surface area contributed by atoms with E-state index in [0.717, 1.165) is 76.1 Å². The van der Waals surface area contributed by atoms with Gasteiger partial charge in [-0.05, 0) is 62.1 Å². The number of piperazine rings is 2. The van der Waals surface area contributed by atoms with Crippen LogP contribution in [0, 0.1) is 69.0 Å². The predicted molar refractivity (Wildman–Crippen MR) is 201 cm³/mol. The van der Waals surface area contributed by atoms with Crippen LogP contribution >= 0.6 is 0 Å². The summed E-state index contributed by atoms with van der Waals surface area (Å²) in [4.78, 5) is 26.2. The van der Waals surface area contributed by atoms with Crippen molar-refractivity contribution in [1.29, 1.82) is 21.0 Å². The Morgan fingerprint density at radius 2 is 0.926 bits per heavy atom. The summed E-state index contributed by atoms with van der Waals surface area (Å²) >= 11 is 0. The van der Waals surface area contributed by atoms with Gasteiger partial charge in [-0.2, -0.15) is 21.0 Å². The number of fused-ring (bicyclic) bond motifs is 2. The van der Waals surface area contributed by atoms with Crippen molar-refractivity contribution in [2.75, 3.05) is 49.1 Å². The molecule has 54 heavy (non-hydrogen) atoms. The van der Waals surface area contributed by atoms with E-state index in [-0.39, 0.29) is 12.1 Å². The molecule has 264 valence electrons. The zero-order valence-corrected chi connectivity index (χ0v) is 29.7. The van der Waals surface area contributed by atoms with Crippen molar-refractivity contribution in [1.82, 2.24) is 29.7 Å². The summed E-state index contributed by atoms with van der Waals surface area (Å²) in [5, 5.41) is 36.6. The van der Waals surface area contributed by atoms with Gasteiger partial charge in [0.05, 0.1) is 35.3 Å². The fraction of sp³-hybridized carbons (Fsp3) is 0.333. The number of hydrogen-bond donors (Lipinski definition) is 0. The zero-order valence-electron chi connectivity index (χ0n) is 29.7. The number of rotatable bonds is 2. The van der Waals surface area contributed by atoms with Crippen molar-refractivity contribution < 1.29 is 0 Å². The van der Waals surface area contributed by atoms with E-state index in [2.05, 4.69) is 87.5 Å². The minimum Gasteiger partial charge on any atom is -0.351 e. The molecule has 0 saturated carbocycles. The molecule has 4 aromatic rings. The molecule has 2 aromatic heterocycles. The van der Waals surface area contributed by atoms with Gasteiger partial charge in [0.15, 0.2) is 23.0 Å². The van der Waals surface area contributed by atoms with Crippen LogP contribution in [0.25, 0.3) is 0 Å². The summed E-state index contributed by atoms with van der Waals surface area (Å²) < 4.78 is 0. The SMILES string of the molecule is N#Cc1cccc(C#C[C@@H]2CC[C@@H]3CN(c4nccnc4C#N)CCN32)c1.N#Cc1cccc(C#C[C@H]2CC[C@H]3CN(c4nccnc4C#N)CCN32)c1. The summed E-state index contributed by atoms with van der Waals surface area (Å²) in [7, 11) is 0. The lowest BCUT2D eigenvalue weighted by Crippen LogP contribution is -2.52. The summed E-state index contributed by atoms with van der Waals surface area (Å²) in [6.45, 7) is 5.09. The maximum atomic E-state index is 9.27. The van der Waals surface area contributed by atoms with E-state index in [4.69, 9.17) is 10.5 Å². The van der Waals surface area contributed by atoms with Gasteiger partial charge in [0, 0.05) is 87.3 Å². The molecular formula is C42H36N12. The van der Waals surface area contributed by atoms with Gasteiger partial charge in [0.1, 0.15) is 12.1 Å². The molecule has 0 spiro atoms. The van der Waals surface area contributed by atoms with Gasteiger partial charge < -0.3 is 9.80 Å². The zero-order chi connectivity index (χ0) is 37.3. The third-order valence-electron chi connectivity index (χ3n) is 10.3. The Morgan fingerprint density at radius 1 is 0.500 bits per heavy atom. The van der Waals surface area contributed by atoms with Crippen LogP contribution in [0.4, 0.5) is 11.6 Å². The molecule has 0 aliphatic carbocycles. The molecule has 2 aromatic carbocycles. The monoisotopic (exact) mass is 708 g/mol. The van der Waals surface area contributed by atoms with E-state index in [9.17, 15) is 10.5 Å². The van der Waals surface area contributed by atoms with Crippen molar-refractivity contribution in [3.63, 3.8) is 0 Å². The maximum absolute atomic E-state index is 9.27. The van der Waals surface area contributed by atoms with Crippen molar-refractivity contribution in [2.45, 2.75) is 49.9 Å². The number of nitrogens with zero attached hydrogens (tertiary/aromatic N) is 12. The maximum Gasteiger partial charge on any atom is 0.183 e. The minimum atomic E-state index is 0.236. The average Bonchev–Trinajstić information content (AvgIpc) is 3.85. The lowest BCUT2D eigenvalue weighted by molar-refractivity contribution is 0.202. The highest BCUT2D eigenvalue weighted by molar-refractivity contribution is 5.51. The van der Waals surface area contributed by atoms with Crippen molar-refractivity contribution in [3.05, 3.63) is 107 Å². The lowest BCUT2D eigenvalue weighted by atomic mass is 10.1. The molecule has 4 saturated heterocycles. The van der Waals surface area contributed by atoms with Crippen molar-refractivity contribution >= 4 is 11.6 Å². The third-order valence-corrected chi connectivity index (χ3v) is 10.3.